The van der Waals surface area contributed by atoms with Crippen molar-refractivity contribution >= 4 is 35.6 Å². The fourth-order valence-electron chi connectivity index (χ4n) is 2.46. The summed E-state index contributed by atoms with van der Waals surface area (Å²) in [7, 11) is 1.87. The molecule has 1 aromatic carbocycles. The molecule has 2 N–H and O–H groups in total. The summed E-state index contributed by atoms with van der Waals surface area (Å²) in [5, 5.41) is 5.92. The van der Waals surface area contributed by atoms with Gasteiger partial charge in [0.05, 0.1) is 0 Å². The Kier molecular flexibility index (Phi) is 6.65. The van der Waals surface area contributed by atoms with Gasteiger partial charge in [0.25, 0.3) is 0 Å². The summed E-state index contributed by atoms with van der Waals surface area (Å²) < 4.78 is 0. The second-order valence-corrected chi connectivity index (χ2v) is 5.02. The van der Waals surface area contributed by atoms with Crippen LogP contribution < -0.4 is 15.5 Å². The van der Waals surface area contributed by atoms with Crippen LogP contribution in [0.4, 0.5) is 11.4 Å². The highest BCUT2D eigenvalue weighted by atomic mass is 35.5. The van der Waals surface area contributed by atoms with Gasteiger partial charge in [0, 0.05) is 31.3 Å². The Bertz CT molecular complexity index is 520. The number of fused-ring (bicyclic) bond motifs is 1. The van der Waals surface area contributed by atoms with Crippen molar-refractivity contribution < 1.29 is 9.59 Å². The molecule has 2 rings (SSSR count). The van der Waals surface area contributed by atoms with Gasteiger partial charge in [-0.15, -0.1) is 12.4 Å². The van der Waals surface area contributed by atoms with Crippen molar-refractivity contribution in [3.63, 3.8) is 0 Å². The summed E-state index contributed by atoms with van der Waals surface area (Å²) in [6.45, 7) is 3.14. The average Bonchev–Trinajstić information content (AvgIpc) is 2.82. The van der Waals surface area contributed by atoms with Crippen LogP contribution in [0.5, 0.6) is 0 Å². The fourth-order valence-corrected chi connectivity index (χ4v) is 2.46. The van der Waals surface area contributed by atoms with E-state index in [4.69, 9.17) is 0 Å². The standard InChI is InChI=1S/C15H21N3O2.ClH/c1-11(19)18-9-7-12-10-13(5-6-14(12)18)17-15(20)4-3-8-16-2;/h5-6,10,16H,3-4,7-9H2,1-2H3,(H,17,20);1H. The third-order valence-electron chi connectivity index (χ3n) is 3.47. The highest BCUT2D eigenvalue weighted by Gasteiger charge is 2.22. The first-order chi connectivity index (χ1) is 9.61. The molecule has 0 radical (unpaired) electrons. The van der Waals surface area contributed by atoms with Gasteiger partial charge in [-0.1, -0.05) is 0 Å². The zero-order valence-electron chi connectivity index (χ0n) is 12.4. The Balaban J connectivity index is 0.00000220. The van der Waals surface area contributed by atoms with Gasteiger partial charge in [0.15, 0.2) is 0 Å². The quantitative estimate of drug-likeness (QED) is 0.817. The van der Waals surface area contributed by atoms with Gasteiger partial charge in [-0.3, -0.25) is 9.59 Å². The monoisotopic (exact) mass is 311 g/mol. The van der Waals surface area contributed by atoms with Gasteiger partial charge >= 0.3 is 0 Å². The predicted octanol–water partition coefficient (Wildman–Crippen LogP) is 1.96. The molecule has 1 aliphatic rings. The average molecular weight is 312 g/mol. The molecule has 0 saturated heterocycles. The fraction of sp³-hybridized carbons (Fsp3) is 0.467. The van der Waals surface area contributed by atoms with Crippen LogP contribution in [0.3, 0.4) is 0 Å². The summed E-state index contributed by atoms with van der Waals surface area (Å²) in [6.07, 6.45) is 2.18. The SMILES string of the molecule is CNCCCC(=O)Nc1ccc2c(c1)CCN2C(C)=O.Cl. The molecular formula is C15H22ClN3O2. The molecule has 6 heteroatoms. The molecule has 2 amide bonds. The van der Waals surface area contributed by atoms with Crippen molar-refractivity contribution in [2.75, 3.05) is 30.4 Å². The molecule has 1 aromatic rings. The molecular weight excluding hydrogens is 290 g/mol. The lowest BCUT2D eigenvalue weighted by molar-refractivity contribution is -0.117. The maximum atomic E-state index is 11.8. The molecule has 21 heavy (non-hydrogen) atoms. The normalized spacial score (nSPS) is 12.6. The minimum atomic E-state index is 0. The van der Waals surface area contributed by atoms with Gasteiger partial charge in [0.1, 0.15) is 0 Å². The maximum Gasteiger partial charge on any atom is 0.224 e. The smallest absolute Gasteiger partial charge is 0.224 e. The van der Waals surface area contributed by atoms with E-state index in [1.165, 1.54) is 0 Å². The van der Waals surface area contributed by atoms with Crippen LogP contribution in [0.2, 0.25) is 0 Å². The first-order valence-corrected chi connectivity index (χ1v) is 6.97. The number of amides is 2. The highest BCUT2D eigenvalue weighted by molar-refractivity contribution is 5.95. The van der Waals surface area contributed by atoms with Crippen LogP contribution in [-0.4, -0.2) is 32.0 Å². The van der Waals surface area contributed by atoms with E-state index in [1.54, 1.807) is 11.8 Å². The number of rotatable bonds is 5. The van der Waals surface area contributed by atoms with Gasteiger partial charge in [0.2, 0.25) is 11.8 Å². The number of halogens is 1. The van der Waals surface area contributed by atoms with Crippen molar-refractivity contribution in [3.05, 3.63) is 23.8 Å². The molecule has 1 aliphatic heterocycles. The van der Waals surface area contributed by atoms with Crippen LogP contribution in [0.25, 0.3) is 0 Å². The number of anilines is 2. The van der Waals surface area contributed by atoms with E-state index in [-0.39, 0.29) is 24.2 Å². The molecule has 5 nitrogen and oxygen atoms in total. The second kappa shape index (κ2) is 8.00. The third-order valence-corrected chi connectivity index (χ3v) is 3.47. The molecule has 0 aliphatic carbocycles. The number of hydrogen-bond donors (Lipinski definition) is 2. The lowest BCUT2D eigenvalue weighted by Crippen LogP contribution is -2.25. The summed E-state index contributed by atoms with van der Waals surface area (Å²) in [6, 6.07) is 5.73. The third kappa shape index (κ3) is 4.44. The Morgan fingerprint density at radius 2 is 2.10 bits per heavy atom. The van der Waals surface area contributed by atoms with Crippen molar-refractivity contribution in [1.82, 2.24) is 5.32 Å². The van der Waals surface area contributed by atoms with Gasteiger partial charge < -0.3 is 15.5 Å². The molecule has 0 saturated carbocycles. The van der Waals surface area contributed by atoms with Crippen LogP contribution >= 0.6 is 12.4 Å². The van der Waals surface area contributed by atoms with Crippen molar-refractivity contribution in [2.24, 2.45) is 0 Å². The Morgan fingerprint density at radius 3 is 2.76 bits per heavy atom. The van der Waals surface area contributed by atoms with Gasteiger partial charge in [-0.2, -0.15) is 0 Å². The summed E-state index contributed by atoms with van der Waals surface area (Å²) in [4.78, 5) is 25.0. The number of benzene rings is 1. The molecule has 0 spiro atoms. The topological polar surface area (TPSA) is 61.4 Å². The predicted molar refractivity (Wildman–Crippen MR) is 87.2 cm³/mol. The van der Waals surface area contributed by atoms with E-state index in [0.717, 1.165) is 42.9 Å². The van der Waals surface area contributed by atoms with Crippen molar-refractivity contribution in [2.45, 2.75) is 26.2 Å². The molecule has 0 atom stereocenters. The van der Waals surface area contributed by atoms with Crippen LogP contribution in [0.15, 0.2) is 18.2 Å². The van der Waals surface area contributed by atoms with Crippen LogP contribution in [0.1, 0.15) is 25.3 Å². The summed E-state index contributed by atoms with van der Waals surface area (Å²) in [5.41, 5.74) is 2.89. The largest absolute Gasteiger partial charge is 0.326 e. The van der Waals surface area contributed by atoms with E-state index < -0.39 is 0 Å². The van der Waals surface area contributed by atoms with Crippen LogP contribution in [-0.2, 0) is 16.0 Å². The lowest BCUT2D eigenvalue weighted by Gasteiger charge is -2.15. The Morgan fingerprint density at radius 1 is 1.33 bits per heavy atom. The number of hydrogen-bond acceptors (Lipinski definition) is 3. The Hall–Kier alpha value is -1.59. The van der Waals surface area contributed by atoms with E-state index in [9.17, 15) is 9.59 Å². The number of carbonyl (C=O) groups is 2. The zero-order chi connectivity index (χ0) is 14.5. The summed E-state index contributed by atoms with van der Waals surface area (Å²) >= 11 is 0. The van der Waals surface area contributed by atoms with Crippen LogP contribution in [0, 0.1) is 0 Å². The number of nitrogens with one attached hydrogen (secondary N) is 2. The first-order valence-electron chi connectivity index (χ1n) is 6.97. The molecule has 1 heterocycles. The lowest BCUT2D eigenvalue weighted by atomic mass is 10.1. The van der Waals surface area contributed by atoms with Crippen molar-refractivity contribution in [3.8, 4) is 0 Å². The van der Waals surface area contributed by atoms with E-state index in [1.807, 2.05) is 25.2 Å². The highest BCUT2D eigenvalue weighted by Crippen LogP contribution is 2.30. The molecule has 0 fully saturated rings. The van der Waals surface area contributed by atoms with E-state index in [0.29, 0.717) is 6.42 Å². The number of nitrogens with zero attached hydrogens (tertiary/aromatic N) is 1. The van der Waals surface area contributed by atoms with Gasteiger partial charge in [-0.25, -0.2) is 0 Å². The second-order valence-electron chi connectivity index (χ2n) is 5.02. The number of carbonyl (C=O) groups excluding carboxylic acids is 2. The van der Waals surface area contributed by atoms with Gasteiger partial charge in [-0.05, 0) is 50.2 Å². The van der Waals surface area contributed by atoms with E-state index in [2.05, 4.69) is 10.6 Å². The summed E-state index contributed by atoms with van der Waals surface area (Å²) in [5.74, 6) is 0.0919. The zero-order valence-corrected chi connectivity index (χ0v) is 13.3. The minimum Gasteiger partial charge on any atom is -0.326 e. The maximum absolute atomic E-state index is 11.8. The first kappa shape index (κ1) is 17.5. The van der Waals surface area contributed by atoms with Crippen molar-refractivity contribution in [1.29, 1.82) is 0 Å². The molecule has 0 aromatic heterocycles. The van der Waals surface area contributed by atoms with E-state index >= 15 is 0 Å². The molecule has 0 bridgehead atoms. The molecule has 116 valence electrons. The molecule has 0 unspecified atom stereocenters. The minimum absolute atomic E-state index is 0. The Labute approximate surface area is 131 Å².